The fourth-order valence-corrected chi connectivity index (χ4v) is 1.75. The topological polar surface area (TPSA) is 35.5 Å². The lowest BCUT2D eigenvalue weighted by molar-refractivity contribution is 0.159. The second kappa shape index (κ2) is 8.97. The van der Waals surface area contributed by atoms with Crippen molar-refractivity contribution >= 4 is 0 Å². The number of nitrogens with zero attached hydrogens (tertiary/aromatic N) is 1. The molecule has 0 aliphatic carbocycles. The molecule has 0 aromatic heterocycles. The monoisotopic (exact) mass is 230 g/mol. The van der Waals surface area contributed by atoms with Gasteiger partial charge in [0.2, 0.25) is 0 Å². The molecule has 0 rings (SSSR count). The highest BCUT2D eigenvalue weighted by atomic mass is 16.3. The van der Waals surface area contributed by atoms with Crippen molar-refractivity contribution in [1.29, 1.82) is 0 Å². The number of aliphatic hydroxyl groups excluding tert-OH is 1. The van der Waals surface area contributed by atoms with Gasteiger partial charge in [0, 0.05) is 18.6 Å². The van der Waals surface area contributed by atoms with E-state index in [0.717, 1.165) is 19.5 Å². The molecule has 0 spiro atoms. The normalized spacial score (nSPS) is 15.4. The molecule has 0 bridgehead atoms. The number of likely N-dealkylation sites (N-methyl/N-ethyl adjacent to an activating group) is 1. The summed E-state index contributed by atoms with van der Waals surface area (Å²) >= 11 is 0. The molecule has 3 heteroatoms. The maximum Gasteiger partial charge on any atom is 0.0610 e. The van der Waals surface area contributed by atoms with Gasteiger partial charge in [-0.15, -0.1) is 0 Å². The fraction of sp³-hybridized carbons (Fsp3) is 1.00. The highest BCUT2D eigenvalue weighted by Gasteiger charge is 2.21. The zero-order valence-corrected chi connectivity index (χ0v) is 11.6. The third-order valence-electron chi connectivity index (χ3n) is 3.04. The zero-order chi connectivity index (χ0) is 12.4. The van der Waals surface area contributed by atoms with E-state index in [2.05, 4.69) is 38.2 Å². The van der Waals surface area contributed by atoms with Gasteiger partial charge in [0.05, 0.1) is 6.61 Å². The van der Waals surface area contributed by atoms with Crippen LogP contribution in [0.25, 0.3) is 0 Å². The summed E-state index contributed by atoms with van der Waals surface area (Å²) in [6.45, 7) is 6.53. The maximum absolute atomic E-state index is 9.43. The third-order valence-corrected chi connectivity index (χ3v) is 3.04. The number of hydrogen-bond donors (Lipinski definition) is 2. The molecule has 0 aromatic rings. The lowest BCUT2D eigenvalue weighted by Gasteiger charge is -2.29. The van der Waals surface area contributed by atoms with Crippen molar-refractivity contribution in [3.63, 3.8) is 0 Å². The van der Waals surface area contributed by atoms with E-state index >= 15 is 0 Å². The first-order valence-corrected chi connectivity index (χ1v) is 6.54. The summed E-state index contributed by atoms with van der Waals surface area (Å²) in [5.74, 6) is 0. The standard InChI is InChI=1S/C13H30N2O/c1-5-6-7-8-9-13(2,12-16)14-10-11-15(3)4/h14,16H,5-12H2,1-4H3. The Labute approximate surface area is 101 Å². The molecule has 0 amide bonds. The summed E-state index contributed by atoms with van der Waals surface area (Å²) in [5, 5.41) is 12.9. The Morgan fingerprint density at radius 1 is 1.19 bits per heavy atom. The van der Waals surface area contributed by atoms with E-state index in [0.29, 0.717) is 0 Å². The van der Waals surface area contributed by atoms with Crippen LogP contribution in [-0.2, 0) is 0 Å². The molecular weight excluding hydrogens is 200 g/mol. The molecule has 2 N–H and O–H groups in total. The van der Waals surface area contributed by atoms with Gasteiger partial charge in [0.15, 0.2) is 0 Å². The molecule has 3 nitrogen and oxygen atoms in total. The summed E-state index contributed by atoms with van der Waals surface area (Å²) < 4.78 is 0. The van der Waals surface area contributed by atoms with Crippen LogP contribution in [0.5, 0.6) is 0 Å². The van der Waals surface area contributed by atoms with Crippen LogP contribution in [0.4, 0.5) is 0 Å². The minimum absolute atomic E-state index is 0.0935. The SMILES string of the molecule is CCCCCCC(C)(CO)NCCN(C)C. The summed E-state index contributed by atoms with van der Waals surface area (Å²) in [7, 11) is 4.14. The van der Waals surface area contributed by atoms with Crippen LogP contribution in [0.15, 0.2) is 0 Å². The van der Waals surface area contributed by atoms with Crippen molar-refractivity contribution in [2.75, 3.05) is 33.8 Å². The molecular formula is C13H30N2O. The Balaban J connectivity index is 3.72. The highest BCUT2D eigenvalue weighted by Crippen LogP contribution is 2.14. The number of nitrogens with one attached hydrogen (secondary N) is 1. The van der Waals surface area contributed by atoms with Gasteiger partial charge in [-0.25, -0.2) is 0 Å². The van der Waals surface area contributed by atoms with Crippen LogP contribution >= 0.6 is 0 Å². The molecule has 0 heterocycles. The Morgan fingerprint density at radius 3 is 2.38 bits per heavy atom. The number of rotatable bonds is 10. The second-order valence-corrected chi connectivity index (χ2v) is 5.26. The predicted molar refractivity (Wildman–Crippen MR) is 70.8 cm³/mol. The minimum Gasteiger partial charge on any atom is -0.394 e. The van der Waals surface area contributed by atoms with Crippen molar-refractivity contribution in [1.82, 2.24) is 10.2 Å². The van der Waals surface area contributed by atoms with Crippen LogP contribution in [0.2, 0.25) is 0 Å². The molecule has 0 radical (unpaired) electrons. The van der Waals surface area contributed by atoms with Gasteiger partial charge in [-0.05, 0) is 27.4 Å². The van der Waals surface area contributed by atoms with E-state index in [1.165, 1.54) is 25.7 Å². The molecule has 16 heavy (non-hydrogen) atoms. The summed E-state index contributed by atoms with van der Waals surface area (Å²) in [4.78, 5) is 2.15. The number of hydrogen-bond acceptors (Lipinski definition) is 3. The van der Waals surface area contributed by atoms with Crippen molar-refractivity contribution in [3.05, 3.63) is 0 Å². The van der Waals surface area contributed by atoms with Crippen molar-refractivity contribution < 1.29 is 5.11 Å². The first-order valence-electron chi connectivity index (χ1n) is 6.54. The number of unbranched alkanes of at least 4 members (excludes halogenated alkanes) is 3. The van der Waals surface area contributed by atoms with Crippen LogP contribution in [0.1, 0.15) is 46.0 Å². The van der Waals surface area contributed by atoms with Gasteiger partial charge in [0.25, 0.3) is 0 Å². The van der Waals surface area contributed by atoms with Gasteiger partial charge in [-0.1, -0.05) is 32.6 Å². The van der Waals surface area contributed by atoms with E-state index in [1.54, 1.807) is 0 Å². The quantitative estimate of drug-likeness (QED) is 0.562. The molecule has 1 unspecified atom stereocenters. The second-order valence-electron chi connectivity index (χ2n) is 5.26. The van der Waals surface area contributed by atoms with Crippen LogP contribution < -0.4 is 5.32 Å². The molecule has 98 valence electrons. The Bertz CT molecular complexity index is 162. The molecule has 0 fully saturated rings. The lowest BCUT2D eigenvalue weighted by Crippen LogP contribution is -2.48. The summed E-state index contributed by atoms with van der Waals surface area (Å²) in [6, 6.07) is 0. The van der Waals surface area contributed by atoms with Crippen molar-refractivity contribution in [2.45, 2.75) is 51.5 Å². The van der Waals surface area contributed by atoms with E-state index in [-0.39, 0.29) is 12.1 Å². The fourth-order valence-electron chi connectivity index (χ4n) is 1.75. The maximum atomic E-state index is 9.43. The molecule has 0 aliphatic heterocycles. The average molecular weight is 230 g/mol. The predicted octanol–water partition coefficient (Wildman–Crippen LogP) is 1.86. The summed E-state index contributed by atoms with van der Waals surface area (Å²) in [6.07, 6.45) is 6.13. The molecule has 0 aliphatic rings. The summed E-state index contributed by atoms with van der Waals surface area (Å²) in [5.41, 5.74) is -0.0935. The van der Waals surface area contributed by atoms with Gasteiger partial charge >= 0.3 is 0 Å². The largest absolute Gasteiger partial charge is 0.394 e. The molecule has 1 atom stereocenters. The Morgan fingerprint density at radius 2 is 1.88 bits per heavy atom. The number of aliphatic hydroxyl groups is 1. The molecule has 0 saturated heterocycles. The average Bonchev–Trinajstić information content (AvgIpc) is 2.24. The van der Waals surface area contributed by atoms with Gasteiger partial charge in [0.1, 0.15) is 0 Å². The van der Waals surface area contributed by atoms with E-state index < -0.39 is 0 Å². The van der Waals surface area contributed by atoms with Crippen LogP contribution in [-0.4, -0.2) is 49.3 Å². The molecule has 0 saturated carbocycles. The first-order chi connectivity index (χ1) is 7.54. The van der Waals surface area contributed by atoms with Gasteiger partial charge in [-0.2, -0.15) is 0 Å². The van der Waals surface area contributed by atoms with E-state index in [1.807, 2.05) is 0 Å². The van der Waals surface area contributed by atoms with Gasteiger partial charge in [-0.3, -0.25) is 0 Å². The Hall–Kier alpha value is -0.120. The van der Waals surface area contributed by atoms with E-state index in [9.17, 15) is 5.11 Å². The lowest BCUT2D eigenvalue weighted by atomic mass is 9.95. The minimum atomic E-state index is -0.0935. The van der Waals surface area contributed by atoms with Crippen LogP contribution in [0.3, 0.4) is 0 Å². The highest BCUT2D eigenvalue weighted by molar-refractivity contribution is 4.82. The Kier molecular flexibility index (Phi) is 8.90. The van der Waals surface area contributed by atoms with E-state index in [4.69, 9.17) is 0 Å². The van der Waals surface area contributed by atoms with Crippen molar-refractivity contribution in [2.24, 2.45) is 0 Å². The third kappa shape index (κ3) is 8.08. The smallest absolute Gasteiger partial charge is 0.0610 e. The zero-order valence-electron chi connectivity index (χ0n) is 11.6. The molecule has 0 aromatic carbocycles. The van der Waals surface area contributed by atoms with Gasteiger partial charge < -0.3 is 15.3 Å². The van der Waals surface area contributed by atoms with Crippen molar-refractivity contribution in [3.8, 4) is 0 Å². The first kappa shape index (κ1) is 15.9. The van der Waals surface area contributed by atoms with Crippen LogP contribution in [0, 0.1) is 0 Å².